The van der Waals surface area contributed by atoms with Gasteiger partial charge in [0.2, 0.25) is 5.75 Å². The highest BCUT2D eigenvalue weighted by Gasteiger charge is 2.21. The summed E-state index contributed by atoms with van der Waals surface area (Å²) in [5, 5.41) is 9.88. The van der Waals surface area contributed by atoms with Gasteiger partial charge in [-0.25, -0.2) is 4.79 Å². The maximum Gasteiger partial charge on any atom is 0.330 e. The molecule has 0 heterocycles. The minimum absolute atomic E-state index is 0.0715. The van der Waals surface area contributed by atoms with Crippen molar-refractivity contribution >= 4 is 20.1 Å². The molecule has 1 aromatic rings. The molecule has 0 saturated heterocycles. The average molecular weight is 368 g/mol. The molecule has 0 spiro atoms. The molecule has 0 aromatic heterocycles. The van der Waals surface area contributed by atoms with Crippen molar-refractivity contribution in [3.63, 3.8) is 0 Å². The summed E-state index contributed by atoms with van der Waals surface area (Å²) in [5.41, 5.74) is 0.672. The van der Waals surface area contributed by atoms with Gasteiger partial charge in [0.05, 0.1) is 28.9 Å². The minimum Gasteiger partial charge on any atom is -0.502 e. The van der Waals surface area contributed by atoms with E-state index in [2.05, 4.69) is 32.1 Å². The lowest BCUT2D eigenvalue weighted by atomic mass is 10.1. The van der Waals surface area contributed by atoms with Crippen molar-refractivity contribution in [2.75, 3.05) is 41.1 Å². The number of phenols is 1. The van der Waals surface area contributed by atoms with Gasteiger partial charge in [-0.05, 0) is 50.1 Å². The predicted octanol–water partition coefficient (Wildman–Crippen LogP) is 2.78. The molecule has 0 saturated carbocycles. The summed E-state index contributed by atoms with van der Waals surface area (Å²) >= 11 is 0. The van der Waals surface area contributed by atoms with E-state index in [1.807, 2.05) is 0 Å². The van der Waals surface area contributed by atoms with Crippen LogP contribution in [0.5, 0.6) is 17.2 Å². The van der Waals surface area contributed by atoms with E-state index in [4.69, 9.17) is 14.2 Å². The van der Waals surface area contributed by atoms with Gasteiger partial charge in [-0.2, -0.15) is 0 Å². The van der Waals surface area contributed by atoms with Crippen LogP contribution in [0.1, 0.15) is 5.56 Å². The Morgan fingerprint density at radius 1 is 1.20 bits per heavy atom. The Bertz CT molecular complexity index is 588. The number of ether oxygens (including phenoxy) is 3. The highest BCUT2D eigenvalue weighted by Crippen LogP contribution is 2.37. The van der Waals surface area contributed by atoms with Gasteiger partial charge in [-0.1, -0.05) is 13.1 Å². The Morgan fingerprint density at radius 3 is 2.24 bits per heavy atom. The molecule has 0 aliphatic carbocycles. The first-order valence-electron chi connectivity index (χ1n) is 8.13. The molecular formula is C18H29NO5Si. The van der Waals surface area contributed by atoms with E-state index < -0.39 is 8.07 Å². The summed E-state index contributed by atoms with van der Waals surface area (Å²) in [6.07, 6.45) is 4.04. The van der Waals surface area contributed by atoms with E-state index >= 15 is 0 Å². The standard InChI is InChI=1S/C18H29NO5Si/c1-19(2)13-25(5,6)10-9-24-17(20)8-7-14-11-15(22-3)18(21)16(12-14)23-4/h7-8,11-12,21H,9-10,13H2,1-6H3/b8-7+. The van der Waals surface area contributed by atoms with Crippen LogP contribution >= 0.6 is 0 Å². The third-order valence-corrected chi connectivity index (χ3v) is 6.73. The van der Waals surface area contributed by atoms with Gasteiger partial charge in [0.15, 0.2) is 11.5 Å². The topological polar surface area (TPSA) is 68.2 Å². The SMILES string of the molecule is COc1cc(/C=C/C(=O)OCC[Si](C)(C)CN(C)C)cc(OC)c1O. The third-order valence-electron chi connectivity index (χ3n) is 3.68. The lowest BCUT2D eigenvalue weighted by molar-refractivity contribution is -0.137. The Hall–Kier alpha value is -1.99. The first-order chi connectivity index (χ1) is 11.7. The number of carbonyl (C=O) groups excluding carboxylic acids is 1. The fourth-order valence-electron chi connectivity index (χ4n) is 2.59. The molecule has 0 fully saturated rings. The number of hydrogen-bond donors (Lipinski definition) is 1. The zero-order valence-electron chi connectivity index (χ0n) is 16.0. The summed E-state index contributed by atoms with van der Waals surface area (Å²) in [4.78, 5) is 14.1. The van der Waals surface area contributed by atoms with Gasteiger partial charge in [0, 0.05) is 6.08 Å². The smallest absolute Gasteiger partial charge is 0.330 e. The average Bonchev–Trinajstić information content (AvgIpc) is 2.52. The minimum atomic E-state index is -1.39. The maximum atomic E-state index is 11.9. The molecule has 0 aliphatic rings. The highest BCUT2D eigenvalue weighted by molar-refractivity contribution is 6.77. The summed E-state index contributed by atoms with van der Waals surface area (Å²) < 4.78 is 15.5. The van der Waals surface area contributed by atoms with Crippen molar-refractivity contribution < 1.29 is 24.1 Å². The van der Waals surface area contributed by atoms with Crippen molar-refractivity contribution in [2.45, 2.75) is 19.1 Å². The largest absolute Gasteiger partial charge is 0.502 e. The summed E-state index contributed by atoms with van der Waals surface area (Å²) in [6, 6.07) is 4.16. The fourth-order valence-corrected chi connectivity index (χ4v) is 5.11. The molecule has 0 aliphatic heterocycles. The Morgan fingerprint density at radius 2 is 1.76 bits per heavy atom. The molecular weight excluding hydrogens is 338 g/mol. The van der Waals surface area contributed by atoms with Crippen LogP contribution in [0.2, 0.25) is 19.1 Å². The number of aromatic hydroxyl groups is 1. The lowest BCUT2D eigenvalue weighted by Gasteiger charge is -2.25. The van der Waals surface area contributed by atoms with E-state index in [-0.39, 0.29) is 23.2 Å². The zero-order chi connectivity index (χ0) is 19.0. The molecule has 25 heavy (non-hydrogen) atoms. The van der Waals surface area contributed by atoms with Crippen molar-refractivity contribution in [1.29, 1.82) is 0 Å². The molecule has 0 atom stereocenters. The van der Waals surface area contributed by atoms with Crippen LogP contribution < -0.4 is 9.47 Å². The molecule has 0 bridgehead atoms. The highest BCUT2D eigenvalue weighted by atomic mass is 28.3. The molecule has 0 amide bonds. The summed E-state index contributed by atoms with van der Waals surface area (Å²) in [7, 11) is 5.64. The number of benzene rings is 1. The Labute approximate surface area is 151 Å². The predicted molar refractivity (Wildman–Crippen MR) is 102 cm³/mol. The number of carbonyl (C=O) groups is 1. The molecule has 0 unspecified atom stereocenters. The number of rotatable bonds is 9. The first kappa shape index (κ1) is 21.1. The second-order valence-corrected chi connectivity index (χ2v) is 12.1. The third kappa shape index (κ3) is 7.19. The zero-order valence-corrected chi connectivity index (χ0v) is 17.0. The van der Waals surface area contributed by atoms with Crippen LogP contribution in [0.15, 0.2) is 18.2 Å². The molecule has 1 N–H and O–H groups in total. The van der Waals surface area contributed by atoms with E-state index in [9.17, 15) is 9.90 Å². The summed E-state index contributed by atoms with van der Waals surface area (Å²) in [6.45, 7) is 5.00. The molecule has 7 heteroatoms. The van der Waals surface area contributed by atoms with Gasteiger partial charge in [0.25, 0.3) is 0 Å². The van der Waals surface area contributed by atoms with Crippen molar-refractivity contribution in [1.82, 2.24) is 4.90 Å². The van der Waals surface area contributed by atoms with Crippen LogP contribution in [-0.2, 0) is 9.53 Å². The Balaban J connectivity index is 2.63. The number of esters is 1. The number of hydrogen-bond acceptors (Lipinski definition) is 6. The van der Waals surface area contributed by atoms with Crippen molar-refractivity contribution in [3.8, 4) is 17.2 Å². The molecule has 140 valence electrons. The quantitative estimate of drug-likeness (QED) is 0.411. The van der Waals surface area contributed by atoms with Crippen LogP contribution in [0.25, 0.3) is 6.08 Å². The fraction of sp³-hybridized carbons (Fsp3) is 0.500. The van der Waals surface area contributed by atoms with Crippen molar-refractivity contribution in [3.05, 3.63) is 23.8 Å². The monoisotopic (exact) mass is 367 g/mol. The first-order valence-corrected chi connectivity index (χ1v) is 11.5. The molecule has 1 aromatic carbocycles. The van der Waals surface area contributed by atoms with Gasteiger partial charge < -0.3 is 24.2 Å². The van der Waals surface area contributed by atoms with Crippen LogP contribution in [0, 0.1) is 0 Å². The lowest BCUT2D eigenvalue weighted by Crippen LogP contribution is -2.40. The second kappa shape index (κ2) is 9.48. The van der Waals surface area contributed by atoms with Gasteiger partial charge >= 0.3 is 5.97 Å². The Kier molecular flexibility index (Phi) is 7.98. The molecule has 0 radical (unpaired) electrons. The summed E-state index contributed by atoms with van der Waals surface area (Å²) in [5.74, 6) is 0.103. The van der Waals surface area contributed by atoms with Gasteiger partial charge in [-0.15, -0.1) is 0 Å². The number of methoxy groups -OCH3 is 2. The van der Waals surface area contributed by atoms with Gasteiger partial charge in [-0.3, -0.25) is 0 Å². The van der Waals surface area contributed by atoms with E-state index in [1.165, 1.54) is 20.3 Å². The molecule has 6 nitrogen and oxygen atoms in total. The molecule has 1 rings (SSSR count). The maximum absolute atomic E-state index is 11.9. The van der Waals surface area contributed by atoms with Crippen LogP contribution in [0.3, 0.4) is 0 Å². The van der Waals surface area contributed by atoms with E-state index in [1.54, 1.807) is 18.2 Å². The van der Waals surface area contributed by atoms with Gasteiger partial charge in [0.1, 0.15) is 0 Å². The normalized spacial score (nSPS) is 11.8. The van der Waals surface area contributed by atoms with Crippen LogP contribution in [-0.4, -0.2) is 65.1 Å². The van der Waals surface area contributed by atoms with E-state index in [0.717, 1.165) is 12.2 Å². The second-order valence-electron chi connectivity index (χ2n) is 6.93. The van der Waals surface area contributed by atoms with Crippen molar-refractivity contribution in [2.24, 2.45) is 0 Å². The number of nitrogens with zero attached hydrogens (tertiary/aromatic N) is 1. The number of phenolic OH excluding ortho intramolecular Hbond substituents is 1. The van der Waals surface area contributed by atoms with Crippen LogP contribution in [0.4, 0.5) is 0 Å². The van der Waals surface area contributed by atoms with E-state index in [0.29, 0.717) is 12.2 Å².